The van der Waals surface area contributed by atoms with E-state index in [-0.39, 0.29) is 5.91 Å². The van der Waals surface area contributed by atoms with Crippen LogP contribution in [0, 0.1) is 13.8 Å². The minimum atomic E-state index is -0.202. The number of carbonyl (C=O) groups excluding carboxylic acids is 1. The van der Waals surface area contributed by atoms with Crippen molar-refractivity contribution in [1.82, 2.24) is 15.0 Å². The number of benzene rings is 1. The molecule has 0 aliphatic rings. The molecule has 0 unspecified atom stereocenters. The Morgan fingerprint density at radius 2 is 1.60 bits per heavy atom. The molecule has 1 heterocycles. The number of hydrogen-bond donors (Lipinski definition) is 0. The first kappa shape index (κ1) is 9.58. The van der Waals surface area contributed by atoms with Gasteiger partial charge in [-0.15, -0.1) is 4.80 Å². The highest BCUT2D eigenvalue weighted by Gasteiger charge is 2.11. The molecule has 0 saturated heterocycles. The van der Waals surface area contributed by atoms with Gasteiger partial charge in [-0.05, 0) is 26.0 Å². The van der Waals surface area contributed by atoms with Crippen LogP contribution in [0.25, 0.3) is 0 Å². The second-order valence-corrected chi connectivity index (χ2v) is 3.33. The molecule has 0 atom stereocenters. The fourth-order valence-electron chi connectivity index (χ4n) is 1.24. The average Bonchev–Trinajstić information content (AvgIpc) is 2.59. The molecular weight excluding hydrogens is 190 g/mol. The van der Waals surface area contributed by atoms with Crippen molar-refractivity contribution >= 4 is 5.91 Å². The molecule has 0 spiro atoms. The maximum atomic E-state index is 11.8. The van der Waals surface area contributed by atoms with E-state index >= 15 is 0 Å². The Morgan fingerprint density at radius 3 is 2.13 bits per heavy atom. The van der Waals surface area contributed by atoms with Gasteiger partial charge in [-0.2, -0.15) is 10.2 Å². The standard InChI is InChI=1S/C11H11N3O/c1-8-9(2)13-14(12-8)11(15)10-6-4-3-5-7-10/h3-7H,1-2H3. The van der Waals surface area contributed by atoms with Gasteiger partial charge < -0.3 is 0 Å². The smallest absolute Gasteiger partial charge is 0.265 e. The summed E-state index contributed by atoms with van der Waals surface area (Å²) in [7, 11) is 0. The second-order valence-electron chi connectivity index (χ2n) is 3.33. The fraction of sp³-hybridized carbons (Fsp3) is 0.182. The molecule has 1 aromatic carbocycles. The summed E-state index contributed by atoms with van der Waals surface area (Å²) in [5.74, 6) is -0.202. The molecule has 2 rings (SSSR count). The van der Waals surface area contributed by atoms with E-state index in [0.29, 0.717) is 5.56 Å². The largest absolute Gasteiger partial charge is 0.295 e. The molecule has 4 nitrogen and oxygen atoms in total. The average molecular weight is 201 g/mol. The number of nitrogens with zero attached hydrogens (tertiary/aromatic N) is 3. The quantitative estimate of drug-likeness (QED) is 0.703. The topological polar surface area (TPSA) is 47.8 Å². The van der Waals surface area contributed by atoms with Gasteiger partial charge in [0.1, 0.15) is 0 Å². The zero-order valence-electron chi connectivity index (χ0n) is 8.64. The Morgan fingerprint density at radius 1 is 1.07 bits per heavy atom. The van der Waals surface area contributed by atoms with Gasteiger partial charge in [-0.3, -0.25) is 4.79 Å². The van der Waals surface area contributed by atoms with E-state index in [4.69, 9.17) is 0 Å². The predicted octanol–water partition coefficient (Wildman–Crippen LogP) is 1.58. The van der Waals surface area contributed by atoms with Crippen LogP contribution in [0.1, 0.15) is 21.7 Å². The van der Waals surface area contributed by atoms with Crippen molar-refractivity contribution in [2.75, 3.05) is 0 Å². The van der Waals surface area contributed by atoms with Crippen LogP contribution < -0.4 is 0 Å². The van der Waals surface area contributed by atoms with Gasteiger partial charge in [0, 0.05) is 5.56 Å². The molecule has 0 aliphatic heterocycles. The Kier molecular flexibility index (Phi) is 2.33. The lowest BCUT2D eigenvalue weighted by molar-refractivity contribution is 0.0926. The van der Waals surface area contributed by atoms with Crippen LogP contribution in [0.15, 0.2) is 30.3 Å². The summed E-state index contributed by atoms with van der Waals surface area (Å²) in [5.41, 5.74) is 2.14. The first-order valence-corrected chi connectivity index (χ1v) is 4.69. The third kappa shape index (κ3) is 1.79. The van der Waals surface area contributed by atoms with Crippen LogP contribution >= 0.6 is 0 Å². The third-order valence-electron chi connectivity index (χ3n) is 2.22. The van der Waals surface area contributed by atoms with Crippen LogP contribution in [0.2, 0.25) is 0 Å². The normalized spacial score (nSPS) is 10.3. The molecule has 0 N–H and O–H groups in total. The number of aryl methyl sites for hydroxylation is 2. The molecule has 0 fully saturated rings. The van der Waals surface area contributed by atoms with Gasteiger partial charge in [-0.25, -0.2) is 0 Å². The Labute approximate surface area is 87.5 Å². The van der Waals surface area contributed by atoms with E-state index in [0.717, 1.165) is 16.2 Å². The molecule has 15 heavy (non-hydrogen) atoms. The molecular formula is C11H11N3O. The molecule has 4 heteroatoms. The van der Waals surface area contributed by atoms with E-state index in [1.807, 2.05) is 32.0 Å². The molecule has 1 aromatic heterocycles. The van der Waals surface area contributed by atoms with Crippen LogP contribution in [-0.2, 0) is 0 Å². The summed E-state index contributed by atoms with van der Waals surface area (Å²) in [4.78, 5) is 13.0. The molecule has 2 aromatic rings. The van der Waals surface area contributed by atoms with Gasteiger partial charge in [0.25, 0.3) is 5.91 Å². The Bertz CT molecular complexity index is 468. The van der Waals surface area contributed by atoms with Crippen molar-refractivity contribution in [2.24, 2.45) is 0 Å². The number of aromatic nitrogens is 3. The number of rotatable bonds is 1. The van der Waals surface area contributed by atoms with Gasteiger partial charge in [0.15, 0.2) is 0 Å². The van der Waals surface area contributed by atoms with Crippen LogP contribution in [0.4, 0.5) is 0 Å². The molecule has 0 aliphatic carbocycles. The molecule has 0 saturated carbocycles. The van der Waals surface area contributed by atoms with E-state index in [1.54, 1.807) is 12.1 Å². The third-order valence-corrected chi connectivity index (χ3v) is 2.22. The van der Waals surface area contributed by atoms with Crippen molar-refractivity contribution in [2.45, 2.75) is 13.8 Å². The highest BCUT2D eigenvalue weighted by Crippen LogP contribution is 2.03. The highest BCUT2D eigenvalue weighted by atomic mass is 16.2. The molecule has 0 radical (unpaired) electrons. The first-order valence-electron chi connectivity index (χ1n) is 4.69. The maximum absolute atomic E-state index is 11.8. The van der Waals surface area contributed by atoms with Crippen molar-refractivity contribution in [3.05, 3.63) is 47.3 Å². The van der Waals surface area contributed by atoms with Gasteiger partial charge in [-0.1, -0.05) is 18.2 Å². The zero-order valence-corrected chi connectivity index (χ0v) is 8.64. The van der Waals surface area contributed by atoms with Gasteiger partial charge in [0.2, 0.25) is 0 Å². The minimum absolute atomic E-state index is 0.202. The summed E-state index contributed by atoms with van der Waals surface area (Å²) >= 11 is 0. The lowest BCUT2D eigenvalue weighted by Gasteiger charge is -1.97. The van der Waals surface area contributed by atoms with E-state index in [1.165, 1.54) is 0 Å². The van der Waals surface area contributed by atoms with Gasteiger partial charge in [0.05, 0.1) is 11.4 Å². The van der Waals surface area contributed by atoms with Crippen molar-refractivity contribution < 1.29 is 4.79 Å². The SMILES string of the molecule is Cc1nn(C(=O)c2ccccc2)nc1C. The minimum Gasteiger partial charge on any atom is -0.265 e. The lowest BCUT2D eigenvalue weighted by Crippen LogP contribution is -2.15. The number of carbonyl (C=O) groups is 1. The molecule has 0 amide bonds. The second kappa shape index (κ2) is 3.65. The van der Waals surface area contributed by atoms with Crippen molar-refractivity contribution in [3.8, 4) is 0 Å². The van der Waals surface area contributed by atoms with Crippen molar-refractivity contribution in [3.63, 3.8) is 0 Å². The lowest BCUT2D eigenvalue weighted by atomic mass is 10.2. The fourth-order valence-corrected chi connectivity index (χ4v) is 1.24. The first-order chi connectivity index (χ1) is 7.18. The molecule has 0 bridgehead atoms. The summed E-state index contributed by atoms with van der Waals surface area (Å²) in [6.07, 6.45) is 0. The predicted molar refractivity (Wildman–Crippen MR) is 55.7 cm³/mol. The van der Waals surface area contributed by atoms with E-state index in [2.05, 4.69) is 10.2 Å². The van der Waals surface area contributed by atoms with Crippen LogP contribution in [0.3, 0.4) is 0 Å². The van der Waals surface area contributed by atoms with E-state index < -0.39 is 0 Å². The summed E-state index contributed by atoms with van der Waals surface area (Å²) < 4.78 is 0. The summed E-state index contributed by atoms with van der Waals surface area (Å²) in [6.45, 7) is 3.66. The Hall–Kier alpha value is -1.97. The van der Waals surface area contributed by atoms with Crippen LogP contribution in [-0.4, -0.2) is 20.9 Å². The van der Waals surface area contributed by atoms with E-state index in [9.17, 15) is 4.79 Å². The van der Waals surface area contributed by atoms with Gasteiger partial charge >= 0.3 is 0 Å². The zero-order chi connectivity index (χ0) is 10.8. The number of hydrogen-bond acceptors (Lipinski definition) is 3. The summed E-state index contributed by atoms with van der Waals surface area (Å²) in [5, 5.41) is 8.09. The summed E-state index contributed by atoms with van der Waals surface area (Å²) in [6, 6.07) is 8.99. The Balaban J connectivity index is 2.37. The van der Waals surface area contributed by atoms with Crippen molar-refractivity contribution in [1.29, 1.82) is 0 Å². The monoisotopic (exact) mass is 201 g/mol. The molecule has 76 valence electrons. The van der Waals surface area contributed by atoms with Crippen LogP contribution in [0.5, 0.6) is 0 Å². The maximum Gasteiger partial charge on any atom is 0.295 e. The highest BCUT2D eigenvalue weighted by molar-refractivity contribution is 5.94.